The van der Waals surface area contributed by atoms with Gasteiger partial charge in [-0.2, -0.15) is 5.10 Å². The second kappa shape index (κ2) is 6.95. The summed E-state index contributed by atoms with van der Waals surface area (Å²) in [7, 11) is 1.63. The van der Waals surface area contributed by atoms with Crippen LogP contribution in [0, 0.1) is 0 Å². The number of methoxy groups -OCH3 is 1. The van der Waals surface area contributed by atoms with Gasteiger partial charge in [0, 0.05) is 24.8 Å². The van der Waals surface area contributed by atoms with Crippen LogP contribution < -0.4 is 10.1 Å². The molecule has 0 fully saturated rings. The minimum absolute atomic E-state index is 0.0897. The Morgan fingerprint density at radius 1 is 1.27 bits per heavy atom. The van der Waals surface area contributed by atoms with Gasteiger partial charge in [-0.05, 0) is 48.6 Å². The van der Waals surface area contributed by atoms with Gasteiger partial charge in [-0.1, -0.05) is 6.07 Å². The third-order valence-corrected chi connectivity index (χ3v) is 4.63. The van der Waals surface area contributed by atoms with Crippen LogP contribution >= 0.6 is 0 Å². The van der Waals surface area contributed by atoms with Crippen LogP contribution in [0.2, 0.25) is 0 Å². The van der Waals surface area contributed by atoms with Crippen molar-refractivity contribution in [2.24, 2.45) is 0 Å². The molecular formula is C19H19N5O2. The van der Waals surface area contributed by atoms with Crippen molar-refractivity contribution in [3.05, 3.63) is 60.2 Å². The van der Waals surface area contributed by atoms with Gasteiger partial charge >= 0.3 is 0 Å². The average Bonchev–Trinajstić information content (AvgIpc) is 3.22. The maximum absolute atomic E-state index is 13.0. The molecule has 0 saturated carbocycles. The van der Waals surface area contributed by atoms with Gasteiger partial charge in [-0.3, -0.25) is 4.79 Å². The van der Waals surface area contributed by atoms with E-state index in [4.69, 9.17) is 4.74 Å². The molecule has 132 valence electrons. The van der Waals surface area contributed by atoms with Crippen LogP contribution in [0.1, 0.15) is 29.9 Å². The molecular weight excluding hydrogens is 330 g/mol. The Labute approximate surface area is 151 Å². The van der Waals surface area contributed by atoms with Gasteiger partial charge < -0.3 is 10.1 Å². The standard InChI is InChI=1S/C19H19N5O2/c1-26-14-7-6-13-4-2-5-15(16(13)12-14)19(25)23-17-18(21-10-9-20-17)24-11-3-8-22-24/h3,6-12,15H,2,4-5H2,1H3,(H,20,23,25). The van der Waals surface area contributed by atoms with Crippen LogP contribution in [0.3, 0.4) is 0 Å². The number of ether oxygens (including phenoxy) is 1. The van der Waals surface area contributed by atoms with Crippen molar-refractivity contribution in [2.75, 3.05) is 12.4 Å². The lowest BCUT2D eigenvalue weighted by molar-refractivity contribution is -0.117. The average molecular weight is 349 g/mol. The van der Waals surface area contributed by atoms with E-state index >= 15 is 0 Å². The molecule has 2 aromatic heterocycles. The number of rotatable bonds is 4. The van der Waals surface area contributed by atoms with Gasteiger partial charge in [-0.25, -0.2) is 14.6 Å². The van der Waals surface area contributed by atoms with Crippen LogP contribution in [0.5, 0.6) is 5.75 Å². The Hall–Kier alpha value is -3.22. The molecule has 7 heteroatoms. The third-order valence-electron chi connectivity index (χ3n) is 4.63. The van der Waals surface area contributed by atoms with Crippen molar-refractivity contribution in [3.8, 4) is 11.6 Å². The molecule has 0 aliphatic heterocycles. The van der Waals surface area contributed by atoms with Crippen LogP contribution in [0.4, 0.5) is 5.82 Å². The van der Waals surface area contributed by atoms with Crippen molar-refractivity contribution in [3.63, 3.8) is 0 Å². The molecule has 1 aliphatic carbocycles. The summed E-state index contributed by atoms with van der Waals surface area (Å²) in [5.74, 6) is 1.33. The Morgan fingerprint density at radius 2 is 2.15 bits per heavy atom. The lowest BCUT2D eigenvalue weighted by atomic mass is 9.82. The molecule has 4 rings (SSSR count). The van der Waals surface area contributed by atoms with Gasteiger partial charge in [0.1, 0.15) is 5.75 Å². The minimum Gasteiger partial charge on any atom is -0.497 e. The fourth-order valence-corrected chi connectivity index (χ4v) is 3.36. The number of carbonyl (C=O) groups is 1. The fraction of sp³-hybridized carbons (Fsp3) is 0.263. The summed E-state index contributed by atoms with van der Waals surface area (Å²) >= 11 is 0. The molecule has 7 nitrogen and oxygen atoms in total. The van der Waals surface area contributed by atoms with Crippen LogP contribution in [-0.2, 0) is 11.2 Å². The molecule has 1 N–H and O–H groups in total. The summed E-state index contributed by atoms with van der Waals surface area (Å²) in [5, 5.41) is 7.10. The molecule has 3 aromatic rings. The second-order valence-corrected chi connectivity index (χ2v) is 6.18. The molecule has 1 aliphatic rings. The quantitative estimate of drug-likeness (QED) is 0.783. The zero-order valence-electron chi connectivity index (χ0n) is 14.4. The minimum atomic E-state index is -0.235. The lowest BCUT2D eigenvalue weighted by Crippen LogP contribution is -2.26. The van der Waals surface area contributed by atoms with Crippen molar-refractivity contribution >= 4 is 11.7 Å². The van der Waals surface area contributed by atoms with E-state index in [0.717, 1.165) is 30.6 Å². The van der Waals surface area contributed by atoms with E-state index in [0.29, 0.717) is 11.6 Å². The molecule has 26 heavy (non-hydrogen) atoms. The Bertz CT molecular complexity index is 923. The van der Waals surface area contributed by atoms with E-state index in [2.05, 4.69) is 20.4 Å². The number of aryl methyl sites for hydroxylation is 1. The third kappa shape index (κ3) is 3.03. The number of carbonyl (C=O) groups excluding carboxylic acids is 1. The predicted molar refractivity (Wildman–Crippen MR) is 96.5 cm³/mol. The van der Waals surface area contributed by atoms with Crippen LogP contribution in [0.15, 0.2) is 49.1 Å². The number of aromatic nitrogens is 4. The maximum atomic E-state index is 13.0. The highest BCUT2D eigenvalue weighted by Gasteiger charge is 2.28. The molecule has 0 radical (unpaired) electrons. The van der Waals surface area contributed by atoms with Gasteiger partial charge in [0.2, 0.25) is 5.91 Å². The van der Waals surface area contributed by atoms with Gasteiger partial charge in [-0.15, -0.1) is 0 Å². The van der Waals surface area contributed by atoms with Crippen molar-refractivity contribution in [1.82, 2.24) is 19.7 Å². The monoisotopic (exact) mass is 349 g/mol. The number of amides is 1. The number of fused-ring (bicyclic) bond motifs is 1. The topological polar surface area (TPSA) is 81.9 Å². The molecule has 1 aromatic carbocycles. The Morgan fingerprint density at radius 3 is 2.96 bits per heavy atom. The van der Waals surface area contributed by atoms with Gasteiger partial charge in [0.25, 0.3) is 0 Å². The number of nitrogens with one attached hydrogen (secondary N) is 1. The summed E-state index contributed by atoms with van der Waals surface area (Å²) in [6.45, 7) is 0. The number of hydrogen-bond acceptors (Lipinski definition) is 5. The molecule has 1 atom stereocenters. The summed E-state index contributed by atoms with van der Waals surface area (Å²) in [6, 6.07) is 7.75. The van der Waals surface area contributed by atoms with Crippen LogP contribution in [-0.4, -0.2) is 32.8 Å². The number of hydrogen-bond donors (Lipinski definition) is 1. The zero-order valence-corrected chi connectivity index (χ0v) is 14.4. The smallest absolute Gasteiger partial charge is 0.233 e. The molecule has 1 unspecified atom stereocenters. The Kier molecular flexibility index (Phi) is 4.35. The maximum Gasteiger partial charge on any atom is 0.233 e. The largest absolute Gasteiger partial charge is 0.497 e. The summed E-state index contributed by atoms with van der Waals surface area (Å²) < 4.78 is 6.91. The van der Waals surface area contributed by atoms with E-state index in [1.54, 1.807) is 42.6 Å². The fourth-order valence-electron chi connectivity index (χ4n) is 3.36. The molecule has 0 saturated heterocycles. The normalized spacial score (nSPS) is 16.0. The molecule has 1 amide bonds. The first kappa shape index (κ1) is 16.3. The highest BCUT2D eigenvalue weighted by Crippen LogP contribution is 2.35. The van der Waals surface area contributed by atoms with E-state index in [1.165, 1.54) is 5.56 Å². The number of nitrogens with zero attached hydrogens (tertiary/aromatic N) is 4. The van der Waals surface area contributed by atoms with Crippen molar-refractivity contribution in [1.29, 1.82) is 0 Å². The SMILES string of the molecule is COc1ccc2c(c1)C(C(=O)Nc1nccnc1-n1cccn1)CCC2. The zero-order chi connectivity index (χ0) is 17.9. The summed E-state index contributed by atoms with van der Waals surface area (Å²) in [5.41, 5.74) is 2.22. The van der Waals surface area contributed by atoms with E-state index in [1.807, 2.05) is 18.2 Å². The first-order chi connectivity index (χ1) is 12.8. The second-order valence-electron chi connectivity index (χ2n) is 6.18. The summed E-state index contributed by atoms with van der Waals surface area (Å²) in [4.78, 5) is 21.6. The first-order valence-corrected chi connectivity index (χ1v) is 8.55. The molecule has 0 spiro atoms. The van der Waals surface area contributed by atoms with Crippen molar-refractivity contribution < 1.29 is 9.53 Å². The summed E-state index contributed by atoms with van der Waals surface area (Å²) in [6.07, 6.45) is 9.30. The highest BCUT2D eigenvalue weighted by atomic mass is 16.5. The van der Waals surface area contributed by atoms with E-state index < -0.39 is 0 Å². The van der Waals surface area contributed by atoms with E-state index in [9.17, 15) is 4.79 Å². The van der Waals surface area contributed by atoms with Crippen LogP contribution in [0.25, 0.3) is 5.82 Å². The Balaban J connectivity index is 1.63. The first-order valence-electron chi connectivity index (χ1n) is 8.55. The lowest BCUT2D eigenvalue weighted by Gasteiger charge is -2.25. The molecule has 0 bridgehead atoms. The number of anilines is 1. The van der Waals surface area contributed by atoms with E-state index in [-0.39, 0.29) is 11.8 Å². The molecule has 2 heterocycles. The van der Waals surface area contributed by atoms with Crippen molar-refractivity contribution in [2.45, 2.75) is 25.2 Å². The van der Waals surface area contributed by atoms with Gasteiger partial charge in [0.05, 0.1) is 13.0 Å². The number of benzene rings is 1. The van der Waals surface area contributed by atoms with Gasteiger partial charge in [0.15, 0.2) is 11.6 Å². The highest BCUT2D eigenvalue weighted by molar-refractivity contribution is 5.96. The predicted octanol–water partition coefficient (Wildman–Crippen LogP) is 2.73.